The van der Waals surface area contributed by atoms with Gasteiger partial charge in [0.1, 0.15) is 18.5 Å². The number of methoxy groups -OCH3 is 3. The predicted molar refractivity (Wildman–Crippen MR) is 122 cm³/mol. The first kappa shape index (κ1) is 24.6. The summed E-state index contributed by atoms with van der Waals surface area (Å²) in [4.78, 5) is 23.8. The maximum absolute atomic E-state index is 13.1. The average Bonchev–Trinajstić information content (AvgIpc) is 2.82. The summed E-state index contributed by atoms with van der Waals surface area (Å²) >= 11 is 0. The Bertz CT molecular complexity index is 965. The van der Waals surface area contributed by atoms with E-state index in [-0.39, 0.29) is 24.3 Å². The van der Waals surface area contributed by atoms with Crippen molar-refractivity contribution in [2.24, 2.45) is 0 Å². The molecule has 2 aromatic rings. The molecule has 0 bridgehead atoms. The highest BCUT2D eigenvalue weighted by molar-refractivity contribution is 5.80. The number of hydrogen-bond donors (Lipinski definition) is 0. The van der Waals surface area contributed by atoms with Crippen LogP contribution in [-0.4, -0.2) is 74.5 Å². The van der Waals surface area contributed by atoms with E-state index in [1.807, 2.05) is 26.8 Å². The molecule has 2 heterocycles. The molecule has 0 aliphatic carbocycles. The van der Waals surface area contributed by atoms with Gasteiger partial charge in [0.2, 0.25) is 17.5 Å². The van der Waals surface area contributed by atoms with Crippen molar-refractivity contribution in [3.8, 4) is 23.1 Å². The summed E-state index contributed by atoms with van der Waals surface area (Å²) in [5, 5.41) is 0. The van der Waals surface area contributed by atoms with E-state index >= 15 is 0 Å². The molecule has 1 unspecified atom stereocenters. The lowest BCUT2D eigenvalue weighted by atomic mass is 10.1. The van der Waals surface area contributed by atoms with E-state index < -0.39 is 0 Å². The lowest BCUT2D eigenvalue weighted by Gasteiger charge is -2.33. The highest BCUT2D eigenvalue weighted by Crippen LogP contribution is 2.40. The van der Waals surface area contributed by atoms with Gasteiger partial charge in [0.05, 0.1) is 40.9 Å². The van der Waals surface area contributed by atoms with Crippen molar-refractivity contribution >= 4 is 5.91 Å². The van der Waals surface area contributed by atoms with E-state index in [1.54, 1.807) is 38.4 Å². The maximum atomic E-state index is 13.1. The van der Waals surface area contributed by atoms with Crippen molar-refractivity contribution in [1.29, 1.82) is 0 Å². The van der Waals surface area contributed by atoms with Gasteiger partial charge in [-0.1, -0.05) is 19.9 Å². The standard InChI is InChI=1S/C24H33N3O6/c1-15(2)24-25-16(3)11-20(26-24)33-14-18-13-27(9-10-32-18)21(28)12-17-7-8-19(29-4)23(31-6)22(17)30-5/h7-8,11,15,18H,9-10,12-14H2,1-6H3. The maximum Gasteiger partial charge on any atom is 0.227 e. The number of rotatable bonds is 9. The molecule has 1 aromatic heterocycles. The first-order valence-electron chi connectivity index (χ1n) is 11.0. The van der Waals surface area contributed by atoms with E-state index in [2.05, 4.69) is 9.97 Å². The van der Waals surface area contributed by atoms with Crippen LogP contribution in [-0.2, 0) is 16.0 Å². The second kappa shape index (κ2) is 11.2. The summed E-state index contributed by atoms with van der Waals surface area (Å²) in [7, 11) is 4.65. The van der Waals surface area contributed by atoms with Crippen LogP contribution >= 0.6 is 0 Å². The van der Waals surface area contributed by atoms with Crippen molar-refractivity contribution in [1.82, 2.24) is 14.9 Å². The highest BCUT2D eigenvalue weighted by atomic mass is 16.5. The van der Waals surface area contributed by atoms with Gasteiger partial charge in [-0.05, 0) is 13.0 Å². The summed E-state index contributed by atoms with van der Waals surface area (Å²) in [6, 6.07) is 5.40. The molecule has 0 spiro atoms. The molecule has 9 heteroatoms. The van der Waals surface area contributed by atoms with Crippen LogP contribution in [0.4, 0.5) is 0 Å². The van der Waals surface area contributed by atoms with E-state index in [4.69, 9.17) is 23.7 Å². The Kier molecular flexibility index (Phi) is 8.32. The highest BCUT2D eigenvalue weighted by Gasteiger charge is 2.27. The summed E-state index contributed by atoms with van der Waals surface area (Å²) in [6.07, 6.45) is -0.0623. The van der Waals surface area contributed by atoms with E-state index in [0.29, 0.717) is 49.4 Å². The molecule has 0 saturated carbocycles. The Labute approximate surface area is 195 Å². The Morgan fingerprint density at radius 3 is 2.58 bits per heavy atom. The third-order valence-electron chi connectivity index (χ3n) is 5.40. The van der Waals surface area contributed by atoms with Gasteiger partial charge in [-0.25, -0.2) is 4.98 Å². The Morgan fingerprint density at radius 1 is 1.15 bits per heavy atom. The van der Waals surface area contributed by atoms with Crippen molar-refractivity contribution < 1.29 is 28.5 Å². The predicted octanol–water partition coefficient (Wildman–Crippen LogP) is 2.78. The zero-order valence-electron chi connectivity index (χ0n) is 20.2. The Morgan fingerprint density at radius 2 is 1.91 bits per heavy atom. The fraction of sp³-hybridized carbons (Fsp3) is 0.542. The minimum atomic E-state index is -0.243. The smallest absolute Gasteiger partial charge is 0.227 e. The number of aromatic nitrogens is 2. The first-order valence-corrected chi connectivity index (χ1v) is 11.0. The molecule has 1 atom stereocenters. The zero-order chi connectivity index (χ0) is 24.0. The fourth-order valence-corrected chi connectivity index (χ4v) is 3.70. The average molecular weight is 460 g/mol. The summed E-state index contributed by atoms with van der Waals surface area (Å²) < 4.78 is 28.0. The number of benzene rings is 1. The van der Waals surface area contributed by atoms with Gasteiger partial charge < -0.3 is 28.6 Å². The summed E-state index contributed by atoms with van der Waals surface area (Å²) in [5.41, 5.74) is 1.59. The van der Waals surface area contributed by atoms with Crippen molar-refractivity contribution in [2.75, 3.05) is 47.6 Å². The van der Waals surface area contributed by atoms with Crippen LogP contribution in [0.25, 0.3) is 0 Å². The van der Waals surface area contributed by atoms with Crippen LogP contribution in [0.1, 0.15) is 36.8 Å². The second-order valence-corrected chi connectivity index (χ2v) is 8.17. The summed E-state index contributed by atoms with van der Waals surface area (Å²) in [5.74, 6) is 2.98. The number of carbonyl (C=O) groups is 1. The number of amides is 1. The van der Waals surface area contributed by atoms with Gasteiger partial charge in [-0.15, -0.1) is 0 Å². The molecular weight excluding hydrogens is 426 g/mol. The molecule has 3 rings (SSSR count). The van der Waals surface area contributed by atoms with Crippen LogP contribution in [0.5, 0.6) is 23.1 Å². The molecule has 33 heavy (non-hydrogen) atoms. The molecule has 1 aliphatic rings. The van der Waals surface area contributed by atoms with Crippen LogP contribution in [0.15, 0.2) is 18.2 Å². The van der Waals surface area contributed by atoms with Crippen LogP contribution in [0.2, 0.25) is 0 Å². The monoisotopic (exact) mass is 459 g/mol. The van der Waals surface area contributed by atoms with Crippen molar-refractivity contribution in [3.63, 3.8) is 0 Å². The summed E-state index contributed by atoms with van der Waals surface area (Å²) in [6.45, 7) is 7.71. The minimum absolute atomic E-state index is 0.0196. The van der Waals surface area contributed by atoms with Gasteiger partial charge in [-0.3, -0.25) is 4.79 Å². The molecule has 1 aromatic carbocycles. The van der Waals surface area contributed by atoms with Gasteiger partial charge in [-0.2, -0.15) is 4.98 Å². The number of hydrogen-bond acceptors (Lipinski definition) is 8. The molecular formula is C24H33N3O6. The van der Waals surface area contributed by atoms with Gasteiger partial charge in [0.25, 0.3) is 0 Å². The van der Waals surface area contributed by atoms with Gasteiger partial charge in [0, 0.05) is 29.8 Å². The molecule has 1 saturated heterocycles. The van der Waals surface area contributed by atoms with Crippen LogP contribution < -0.4 is 18.9 Å². The second-order valence-electron chi connectivity index (χ2n) is 8.17. The van der Waals surface area contributed by atoms with E-state index in [0.717, 1.165) is 17.1 Å². The normalized spacial score (nSPS) is 16.0. The molecule has 0 N–H and O–H groups in total. The molecule has 1 aliphatic heterocycles. The zero-order valence-corrected chi connectivity index (χ0v) is 20.2. The van der Waals surface area contributed by atoms with Crippen LogP contribution in [0.3, 0.4) is 0 Å². The van der Waals surface area contributed by atoms with Crippen molar-refractivity contribution in [2.45, 2.75) is 39.2 Å². The van der Waals surface area contributed by atoms with E-state index in [9.17, 15) is 4.79 Å². The molecule has 1 amide bonds. The molecule has 0 radical (unpaired) electrons. The number of nitrogens with zero attached hydrogens (tertiary/aromatic N) is 3. The van der Waals surface area contributed by atoms with Crippen LogP contribution in [0, 0.1) is 6.92 Å². The van der Waals surface area contributed by atoms with Gasteiger partial charge in [0.15, 0.2) is 11.5 Å². The Hall–Kier alpha value is -3.07. The minimum Gasteiger partial charge on any atom is -0.493 e. The SMILES string of the molecule is COc1ccc(CC(=O)N2CCOC(COc3cc(C)nc(C(C)C)n3)C2)c(OC)c1OC. The van der Waals surface area contributed by atoms with E-state index in [1.165, 1.54) is 0 Å². The number of ether oxygens (including phenoxy) is 5. The third-order valence-corrected chi connectivity index (χ3v) is 5.40. The number of morpholine rings is 1. The first-order chi connectivity index (χ1) is 15.9. The molecule has 9 nitrogen and oxygen atoms in total. The quantitative estimate of drug-likeness (QED) is 0.565. The van der Waals surface area contributed by atoms with Gasteiger partial charge >= 0.3 is 0 Å². The Balaban J connectivity index is 1.63. The topological polar surface area (TPSA) is 92.2 Å². The lowest BCUT2D eigenvalue weighted by molar-refractivity contribution is -0.139. The lowest BCUT2D eigenvalue weighted by Crippen LogP contribution is -2.48. The third kappa shape index (κ3) is 6.04. The molecule has 1 fully saturated rings. The van der Waals surface area contributed by atoms with Crippen molar-refractivity contribution in [3.05, 3.63) is 35.3 Å². The number of carbonyl (C=O) groups excluding carboxylic acids is 1. The number of aryl methyl sites for hydroxylation is 1. The largest absolute Gasteiger partial charge is 0.493 e. The molecule has 180 valence electrons. The fourth-order valence-electron chi connectivity index (χ4n) is 3.70.